The Labute approximate surface area is 59.6 Å². The van der Waals surface area contributed by atoms with Crippen LogP contribution in [0.5, 0.6) is 0 Å². The summed E-state index contributed by atoms with van der Waals surface area (Å²) in [5.41, 5.74) is 0. The Morgan fingerprint density at radius 3 is 2.70 bits per heavy atom. The first-order valence-corrected chi connectivity index (χ1v) is 3.56. The minimum absolute atomic E-state index is 0.194. The second kappa shape index (κ2) is 3.63. The summed E-state index contributed by atoms with van der Waals surface area (Å²) >= 11 is 0. The molecule has 0 saturated heterocycles. The van der Waals surface area contributed by atoms with E-state index in [-0.39, 0.29) is 6.61 Å². The van der Waals surface area contributed by atoms with E-state index in [1.807, 2.05) is 0 Å². The van der Waals surface area contributed by atoms with E-state index in [2.05, 4.69) is 10.5 Å². The zero-order chi connectivity index (χ0) is 7.40. The van der Waals surface area contributed by atoms with Gasteiger partial charge in [-0.1, -0.05) is 6.42 Å². The highest BCUT2D eigenvalue weighted by Crippen LogP contribution is 2.18. The van der Waals surface area contributed by atoms with Crippen molar-refractivity contribution in [2.75, 3.05) is 6.61 Å². The molecule has 0 aromatic carbocycles. The van der Waals surface area contributed by atoms with Gasteiger partial charge in [-0.3, -0.25) is 5.32 Å². The van der Waals surface area contributed by atoms with Crippen LogP contribution in [0.15, 0.2) is 5.18 Å². The molecule has 2 N–H and O–H groups in total. The quantitative estimate of drug-likeness (QED) is 0.554. The molecule has 0 aromatic rings. The molecule has 0 heterocycles. The van der Waals surface area contributed by atoms with E-state index in [0.717, 1.165) is 12.8 Å². The van der Waals surface area contributed by atoms with Gasteiger partial charge in [0.25, 0.3) is 0 Å². The van der Waals surface area contributed by atoms with Crippen LogP contribution >= 0.6 is 0 Å². The number of nitrogens with one attached hydrogen (secondary N) is 1. The van der Waals surface area contributed by atoms with Gasteiger partial charge in [-0.2, -0.15) is 0 Å². The van der Waals surface area contributed by atoms with Crippen LogP contribution in [0.4, 0.5) is 0 Å². The fourth-order valence-corrected chi connectivity index (χ4v) is 0.963. The molecule has 1 fully saturated rings. The molecule has 0 aliphatic heterocycles. The highest BCUT2D eigenvalue weighted by molar-refractivity contribution is 4.79. The maximum Gasteiger partial charge on any atom is 0.165 e. The van der Waals surface area contributed by atoms with Crippen LogP contribution in [0.3, 0.4) is 0 Å². The molecule has 10 heavy (non-hydrogen) atoms. The van der Waals surface area contributed by atoms with Gasteiger partial charge in [-0.05, 0) is 18.0 Å². The van der Waals surface area contributed by atoms with Crippen LogP contribution in [0, 0.1) is 4.91 Å². The molecule has 0 aromatic heterocycles. The zero-order valence-electron chi connectivity index (χ0n) is 5.79. The maximum atomic E-state index is 9.94. The molecule has 1 rings (SSSR count). The number of nitroso groups, excluding NO2 is 1. The van der Waals surface area contributed by atoms with Crippen molar-refractivity contribution in [1.82, 2.24) is 5.32 Å². The van der Waals surface area contributed by atoms with Gasteiger partial charge in [0.15, 0.2) is 6.17 Å². The average Bonchev–Trinajstić information content (AvgIpc) is 1.87. The molecule has 58 valence electrons. The number of aliphatic hydroxyl groups is 1. The largest absolute Gasteiger partial charge is 0.393 e. The maximum absolute atomic E-state index is 9.94. The average molecular weight is 144 g/mol. The highest BCUT2D eigenvalue weighted by Gasteiger charge is 2.20. The Balaban J connectivity index is 2.13. The van der Waals surface area contributed by atoms with E-state index < -0.39 is 6.17 Å². The van der Waals surface area contributed by atoms with Crippen molar-refractivity contribution in [3.63, 3.8) is 0 Å². The van der Waals surface area contributed by atoms with Crippen molar-refractivity contribution in [3.05, 3.63) is 4.91 Å². The molecule has 4 heteroatoms. The third-order valence-electron chi connectivity index (χ3n) is 1.83. The van der Waals surface area contributed by atoms with E-state index in [1.165, 1.54) is 6.42 Å². The summed E-state index contributed by atoms with van der Waals surface area (Å²) in [6.07, 6.45) is 2.83. The summed E-state index contributed by atoms with van der Waals surface area (Å²) in [7, 11) is 0. The lowest BCUT2D eigenvalue weighted by Crippen LogP contribution is -2.42. The highest BCUT2D eigenvalue weighted by atomic mass is 16.3. The molecule has 0 amide bonds. The first-order chi connectivity index (χ1) is 4.86. The Bertz CT molecular complexity index is 114. The van der Waals surface area contributed by atoms with Gasteiger partial charge < -0.3 is 5.11 Å². The number of rotatable bonds is 4. The van der Waals surface area contributed by atoms with Crippen molar-refractivity contribution in [3.8, 4) is 0 Å². The van der Waals surface area contributed by atoms with Gasteiger partial charge in [-0.25, -0.2) is 0 Å². The zero-order valence-corrected chi connectivity index (χ0v) is 5.79. The Kier molecular flexibility index (Phi) is 2.77. The summed E-state index contributed by atoms with van der Waals surface area (Å²) in [6.45, 7) is -0.194. The molecular formula is C6H12N2O2. The minimum atomic E-state index is -0.592. The lowest BCUT2D eigenvalue weighted by Gasteiger charge is -2.27. The van der Waals surface area contributed by atoms with Gasteiger partial charge in [0.2, 0.25) is 0 Å². The van der Waals surface area contributed by atoms with Crippen molar-refractivity contribution in [2.24, 2.45) is 5.18 Å². The summed E-state index contributed by atoms with van der Waals surface area (Å²) in [4.78, 5) is 9.94. The smallest absolute Gasteiger partial charge is 0.165 e. The monoisotopic (exact) mass is 144 g/mol. The third kappa shape index (κ3) is 1.75. The van der Waals surface area contributed by atoms with E-state index in [9.17, 15) is 4.91 Å². The lowest BCUT2D eigenvalue weighted by molar-refractivity contribution is 0.211. The third-order valence-corrected chi connectivity index (χ3v) is 1.83. The fraction of sp³-hybridized carbons (Fsp3) is 1.00. The Morgan fingerprint density at radius 1 is 1.70 bits per heavy atom. The van der Waals surface area contributed by atoms with E-state index in [4.69, 9.17) is 5.11 Å². The molecule has 1 aliphatic carbocycles. The molecule has 0 spiro atoms. The molecule has 1 atom stereocenters. The van der Waals surface area contributed by atoms with E-state index >= 15 is 0 Å². The minimum Gasteiger partial charge on any atom is -0.393 e. The van der Waals surface area contributed by atoms with Crippen LogP contribution in [-0.2, 0) is 0 Å². The van der Waals surface area contributed by atoms with Gasteiger partial charge in [-0.15, -0.1) is 4.91 Å². The molecule has 0 radical (unpaired) electrons. The van der Waals surface area contributed by atoms with Gasteiger partial charge in [0, 0.05) is 6.04 Å². The van der Waals surface area contributed by atoms with Crippen molar-refractivity contribution >= 4 is 0 Å². The van der Waals surface area contributed by atoms with Crippen LogP contribution in [0.2, 0.25) is 0 Å². The molecule has 4 nitrogen and oxygen atoms in total. The van der Waals surface area contributed by atoms with Gasteiger partial charge in [0.1, 0.15) is 0 Å². The normalized spacial score (nSPS) is 21.7. The predicted molar refractivity (Wildman–Crippen MR) is 37.4 cm³/mol. The second-order valence-electron chi connectivity index (χ2n) is 2.60. The van der Waals surface area contributed by atoms with Gasteiger partial charge in [0.05, 0.1) is 6.61 Å². The summed E-state index contributed by atoms with van der Waals surface area (Å²) in [6, 6.07) is 0.412. The van der Waals surface area contributed by atoms with E-state index in [1.54, 1.807) is 0 Å². The first kappa shape index (κ1) is 7.63. The summed E-state index contributed by atoms with van der Waals surface area (Å²) in [5.74, 6) is 0. The molecule has 1 aliphatic rings. The number of aliphatic hydroxyl groups excluding tert-OH is 1. The Morgan fingerprint density at radius 2 is 2.40 bits per heavy atom. The topological polar surface area (TPSA) is 61.7 Å². The van der Waals surface area contributed by atoms with Gasteiger partial charge >= 0.3 is 0 Å². The summed E-state index contributed by atoms with van der Waals surface area (Å²) < 4.78 is 0. The molecule has 0 unspecified atom stereocenters. The van der Waals surface area contributed by atoms with Crippen LogP contribution in [0.25, 0.3) is 0 Å². The number of hydrogen-bond acceptors (Lipinski definition) is 4. The van der Waals surface area contributed by atoms with Crippen LogP contribution in [-0.4, -0.2) is 23.9 Å². The van der Waals surface area contributed by atoms with Crippen LogP contribution < -0.4 is 5.32 Å². The van der Waals surface area contributed by atoms with Crippen molar-refractivity contribution in [1.29, 1.82) is 0 Å². The SMILES string of the molecule is O=N[C@H](CO)NC1CCC1. The molecule has 1 saturated carbocycles. The first-order valence-electron chi connectivity index (χ1n) is 3.56. The van der Waals surface area contributed by atoms with Crippen LogP contribution in [0.1, 0.15) is 19.3 Å². The van der Waals surface area contributed by atoms with Crippen molar-refractivity contribution in [2.45, 2.75) is 31.5 Å². The molecular weight excluding hydrogens is 132 g/mol. The summed E-state index contributed by atoms with van der Waals surface area (Å²) in [5, 5.41) is 14.2. The number of nitrogens with zero attached hydrogens (tertiary/aromatic N) is 1. The van der Waals surface area contributed by atoms with Crippen molar-refractivity contribution < 1.29 is 5.11 Å². The second-order valence-corrected chi connectivity index (χ2v) is 2.60. The molecule has 0 bridgehead atoms. The van der Waals surface area contributed by atoms with E-state index in [0.29, 0.717) is 6.04 Å². The lowest BCUT2D eigenvalue weighted by atomic mass is 9.93. The standard InChI is InChI=1S/C6H12N2O2/c9-4-6(8-10)7-5-2-1-3-5/h5-7,9H,1-4H2/t6-/m1/s1. The number of hydrogen-bond donors (Lipinski definition) is 2. The fourth-order valence-electron chi connectivity index (χ4n) is 0.963. The predicted octanol–water partition coefficient (Wildman–Crippen LogP) is 0.213. The Hall–Kier alpha value is -0.480.